The molecule has 2 heteroatoms. The quantitative estimate of drug-likeness (QED) is 0.593. The van der Waals surface area contributed by atoms with Gasteiger partial charge in [0.05, 0.1) is 12.7 Å². The van der Waals surface area contributed by atoms with Crippen molar-refractivity contribution in [2.45, 2.75) is 19.4 Å². The van der Waals surface area contributed by atoms with Crippen molar-refractivity contribution in [3.63, 3.8) is 0 Å². The summed E-state index contributed by atoms with van der Waals surface area (Å²) in [4.78, 5) is 4.28. The van der Waals surface area contributed by atoms with Crippen LogP contribution in [0.3, 0.4) is 0 Å². The standard InChI is InChI=1S/C9H11NO/c1-7-2-3-8(10-5-7)4-9-6-11-9/h2-3,5,9H,4,6H2,1H3. The minimum Gasteiger partial charge on any atom is -0.373 e. The van der Waals surface area contributed by atoms with Gasteiger partial charge in [-0.2, -0.15) is 0 Å². The molecule has 1 saturated heterocycles. The highest BCUT2D eigenvalue weighted by molar-refractivity contribution is 5.13. The first-order chi connectivity index (χ1) is 5.34. The van der Waals surface area contributed by atoms with Gasteiger partial charge in [0, 0.05) is 18.3 Å². The fraction of sp³-hybridized carbons (Fsp3) is 0.444. The summed E-state index contributed by atoms with van der Waals surface area (Å²) in [6.45, 7) is 2.96. The molecule has 1 aromatic heterocycles. The topological polar surface area (TPSA) is 25.4 Å². The number of ether oxygens (including phenoxy) is 1. The lowest BCUT2D eigenvalue weighted by molar-refractivity contribution is 0.406. The van der Waals surface area contributed by atoms with E-state index in [1.165, 1.54) is 5.56 Å². The van der Waals surface area contributed by atoms with Gasteiger partial charge in [-0.25, -0.2) is 0 Å². The van der Waals surface area contributed by atoms with E-state index < -0.39 is 0 Å². The molecule has 1 atom stereocenters. The molecule has 1 aromatic rings. The molecule has 0 aliphatic carbocycles. The predicted octanol–water partition coefficient (Wildman–Crippen LogP) is 1.33. The molecule has 1 unspecified atom stereocenters. The summed E-state index contributed by atoms with van der Waals surface area (Å²) in [7, 11) is 0. The first kappa shape index (κ1) is 6.80. The highest BCUT2D eigenvalue weighted by Gasteiger charge is 2.22. The third kappa shape index (κ3) is 1.77. The summed E-state index contributed by atoms with van der Waals surface area (Å²) < 4.78 is 5.10. The van der Waals surface area contributed by atoms with Gasteiger partial charge in [-0.15, -0.1) is 0 Å². The summed E-state index contributed by atoms with van der Waals surface area (Å²) in [5.41, 5.74) is 2.35. The van der Waals surface area contributed by atoms with Gasteiger partial charge >= 0.3 is 0 Å². The maximum atomic E-state index is 5.10. The van der Waals surface area contributed by atoms with Gasteiger partial charge in [-0.05, 0) is 18.6 Å². The SMILES string of the molecule is Cc1ccc(CC2CO2)nc1. The molecule has 1 aliphatic rings. The number of hydrogen-bond donors (Lipinski definition) is 0. The minimum absolute atomic E-state index is 0.449. The zero-order chi connectivity index (χ0) is 7.68. The highest BCUT2D eigenvalue weighted by Crippen LogP contribution is 2.14. The van der Waals surface area contributed by atoms with Crippen LogP contribution in [0.25, 0.3) is 0 Å². The summed E-state index contributed by atoms with van der Waals surface area (Å²) in [5.74, 6) is 0. The molecule has 1 aliphatic heterocycles. The van der Waals surface area contributed by atoms with E-state index in [4.69, 9.17) is 4.74 Å². The Morgan fingerprint density at radius 1 is 1.64 bits per heavy atom. The molecule has 58 valence electrons. The van der Waals surface area contributed by atoms with Gasteiger partial charge < -0.3 is 4.74 Å². The second-order valence-electron chi connectivity index (χ2n) is 2.99. The van der Waals surface area contributed by atoms with Crippen molar-refractivity contribution >= 4 is 0 Å². The van der Waals surface area contributed by atoms with Crippen LogP contribution in [0.1, 0.15) is 11.3 Å². The second-order valence-corrected chi connectivity index (χ2v) is 2.99. The van der Waals surface area contributed by atoms with Gasteiger partial charge in [0.25, 0.3) is 0 Å². The Morgan fingerprint density at radius 3 is 3.00 bits per heavy atom. The smallest absolute Gasteiger partial charge is 0.0865 e. The minimum atomic E-state index is 0.449. The Hall–Kier alpha value is -0.890. The molecule has 0 bridgehead atoms. The molecule has 0 amide bonds. The van der Waals surface area contributed by atoms with Crippen molar-refractivity contribution in [1.82, 2.24) is 4.98 Å². The molecule has 2 heterocycles. The molecule has 2 rings (SSSR count). The van der Waals surface area contributed by atoms with E-state index in [0.29, 0.717) is 6.10 Å². The Balaban J connectivity index is 2.06. The summed E-state index contributed by atoms with van der Waals surface area (Å²) in [6.07, 6.45) is 3.32. The van der Waals surface area contributed by atoms with Crippen LogP contribution in [0.5, 0.6) is 0 Å². The molecule has 11 heavy (non-hydrogen) atoms. The molecular formula is C9H11NO. The van der Waals surface area contributed by atoms with E-state index in [-0.39, 0.29) is 0 Å². The van der Waals surface area contributed by atoms with E-state index in [0.717, 1.165) is 18.7 Å². The molecule has 2 nitrogen and oxygen atoms in total. The maximum absolute atomic E-state index is 5.10. The number of aromatic nitrogens is 1. The zero-order valence-corrected chi connectivity index (χ0v) is 6.58. The van der Waals surface area contributed by atoms with E-state index in [1.54, 1.807) is 0 Å². The van der Waals surface area contributed by atoms with Crippen molar-refractivity contribution in [3.05, 3.63) is 29.6 Å². The van der Waals surface area contributed by atoms with Crippen molar-refractivity contribution in [2.24, 2.45) is 0 Å². The Morgan fingerprint density at radius 2 is 2.45 bits per heavy atom. The summed E-state index contributed by atoms with van der Waals surface area (Å²) in [6, 6.07) is 4.15. The third-order valence-corrected chi connectivity index (χ3v) is 1.81. The monoisotopic (exact) mass is 149 g/mol. The Kier molecular flexibility index (Phi) is 1.62. The van der Waals surface area contributed by atoms with Crippen LogP contribution in [0, 0.1) is 6.92 Å². The van der Waals surface area contributed by atoms with Gasteiger partial charge in [-0.3, -0.25) is 4.98 Å². The highest BCUT2D eigenvalue weighted by atomic mass is 16.6. The average Bonchev–Trinajstić information content (AvgIpc) is 2.78. The summed E-state index contributed by atoms with van der Waals surface area (Å²) in [5, 5.41) is 0. The summed E-state index contributed by atoms with van der Waals surface area (Å²) >= 11 is 0. The third-order valence-electron chi connectivity index (χ3n) is 1.81. The van der Waals surface area contributed by atoms with Crippen LogP contribution in [0.2, 0.25) is 0 Å². The van der Waals surface area contributed by atoms with Crippen LogP contribution >= 0.6 is 0 Å². The van der Waals surface area contributed by atoms with E-state index in [1.807, 2.05) is 13.1 Å². The van der Waals surface area contributed by atoms with Gasteiger partial charge in [0.15, 0.2) is 0 Å². The fourth-order valence-corrected chi connectivity index (χ4v) is 1.04. The number of pyridine rings is 1. The number of hydrogen-bond acceptors (Lipinski definition) is 2. The van der Waals surface area contributed by atoms with Crippen molar-refractivity contribution in [3.8, 4) is 0 Å². The van der Waals surface area contributed by atoms with Crippen LogP contribution in [-0.2, 0) is 11.2 Å². The number of epoxide rings is 1. The van der Waals surface area contributed by atoms with Crippen molar-refractivity contribution in [1.29, 1.82) is 0 Å². The van der Waals surface area contributed by atoms with Crippen LogP contribution < -0.4 is 0 Å². The van der Waals surface area contributed by atoms with Crippen molar-refractivity contribution < 1.29 is 4.74 Å². The molecule has 0 saturated carbocycles. The predicted molar refractivity (Wildman–Crippen MR) is 42.4 cm³/mol. The maximum Gasteiger partial charge on any atom is 0.0865 e. The molecule has 0 aromatic carbocycles. The van der Waals surface area contributed by atoms with E-state index >= 15 is 0 Å². The lowest BCUT2D eigenvalue weighted by atomic mass is 10.2. The van der Waals surface area contributed by atoms with E-state index in [9.17, 15) is 0 Å². The molecular weight excluding hydrogens is 138 g/mol. The number of nitrogens with zero attached hydrogens (tertiary/aromatic N) is 1. The van der Waals surface area contributed by atoms with Crippen molar-refractivity contribution in [2.75, 3.05) is 6.61 Å². The second kappa shape index (κ2) is 2.62. The van der Waals surface area contributed by atoms with Gasteiger partial charge in [-0.1, -0.05) is 6.07 Å². The normalized spacial score (nSPS) is 21.7. The van der Waals surface area contributed by atoms with Gasteiger partial charge in [0.1, 0.15) is 0 Å². The number of aryl methyl sites for hydroxylation is 1. The zero-order valence-electron chi connectivity index (χ0n) is 6.58. The average molecular weight is 149 g/mol. The number of rotatable bonds is 2. The van der Waals surface area contributed by atoms with Crippen LogP contribution in [0.15, 0.2) is 18.3 Å². The fourth-order valence-electron chi connectivity index (χ4n) is 1.04. The van der Waals surface area contributed by atoms with Crippen LogP contribution in [-0.4, -0.2) is 17.7 Å². The lowest BCUT2D eigenvalue weighted by Crippen LogP contribution is -1.95. The largest absolute Gasteiger partial charge is 0.373 e. The molecule has 0 radical (unpaired) electrons. The Bertz CT molecular complexity index is 238. The molecule has 0 spiro atoms. The van der Waals surface area contributed by atoms with Gasteiger partial charge in [0.2, 0.25) is 0 Å². The van der Waals surface area contributed by atoms with E-state index in [2.05, 4.69) is 17.1 Å². The first-order valence-corrected chi connectivity index (χ1v) is 3.88. The lowest BCUT2D eigenvalue weighted by Gasteiger charge is -1.96. The molecule has 1 fully saturated rings. The Labute approximate surface area is 66.2 Å². The molecule has 0 N–H and O–H groups in total. The first-order valence-electron chi connectivity index (χ1n) is 3.88. The van der Waals surface area contributed by atoms with Crippen LogP contribution in [0.4, 0.5) is 0 Å².